The van der Waals surface area contributed by atoms with Crippen molar-refractivity contribution in [1.82, 2.24) is 4.90 Å². The summed E-state index contributed by atoms with van der Waals surface area (Å²) in [4.78, 5) is 6.55. The van der Waals surface area contributed by atoms with Crippen LogP contribution in [0.25, 0.3) is 0 Å². The molecule has 0 bridgehead atoms. The van der Waals surface area contributed by atoms with Crippen LogP contribution in [0, 0.1) is 11.8 Å². The largest absolute Gasteiger partial charge is 0.370 e. The minimum atomic E-state index is 0.596. The number of nitrogens with zero attached hydrogens (tertiary/aromatic N) is 2. The third-order valence-corrected chi connectivity index (χ3v) is 2.37. The Kier molecular flexibility index (Phi) is 3.58. The molecule has 1 saturated heterocycles. The summed E-state index contributed by atoms with van der Waals surface area (Å²) in [6.45, 7) is 9.57. The van der Waals surface area contributed by atoms with E-state index in [2.05, 4.69) is 30.7 Å². The van der Waals surface area contributed by atoms with Crippen molar-refractivity contribution < 1.29 is 0 Å². The van der Waals surface area contributed by atoms with E-state index in [0.717, 1.165) is 31.5 Å². The molecule has 0 saturated carbocycles. The second-order valence-electron chi connectivity index (χ2n) is 4.43. The van der Waals surface area contributed by atoms with E-state index in [0.29, 0.717) is 5.92 Å². The van der Waals surface area contributed by atoms with Crippen molar-refractivity contribution in [2.75, 3.05) is 19.6 Å². The number of guanidine groups is 1. The fourth-order valence-electron chi connectivity index (χ4n) is 1.52. The Labute approximate surface area is 81.0 Å². The molecule has 0 amide bonds. The standard InChI is InChI=1S/C10H21N3/c1-8(2)6-12-10(11)13-5-4-9(3)7-13/h8-9H,4-7H2,1-3H3,(H2,11,12). The fraction of sp³-hybridized carbons (Fsp3) is 0.900. The SMILES string of the molecule is CC(C)CN=C(N)N1CCC(C)C1. The zero-order chi connectivity index (χ0) is 9.84. The lowest BCUT2D eigenvalue weighted by Crippen LogP contribution is -2.35. The normalized spacial score (nSPS) is 24.5. The summed E-state index contributed by atoms with van der Waals surface area (Å²) >= 11 is 0. The molecular formula is C10H21N3. The Morgan fingerprint density at radius 3 is 2.77 bits per heavy atom. The highest BCUT2D eigenvalue weighted by Crippen LogP contribution is 2.14. The molecule has 76 valence electrons. The maximum absolute atomic E-state index is 5.87. The van der Waals surface area contributed by atoms with E-state index in [9.17, 15) is 0 Å². The van der Waals surface area contributed by atoms with Gasteiger partial charge >= 0.3 is 0 Å². The minimum Gasteiger partial charge on any atom is -0.370 e. The molecule has 1 aliphatic rings. The first kappa shape index (κ1) is 10.4. The molecule has 2 N–H and O–H groups in total. The number of nitrogens with two attached hydrogens (primary N) is 1. The number of hydrogen-bond donors (Lipinski definition) is 1. The van der Waals surface area contributed by atoms with E-state index >= 15 is 0 Å². The van der Waals surface area contributed by atoms with Gasteiger partial charge < -0.3 is 10.6 Å². The zero-order valence-corrected chi connectivity index (χ0v) is 8.95. The summed E-state index contributed by atoms with van der Waals surface area (Å²) in [7, 11) is 0. The van der Waals surface area contributed by atoms with E-state index in [1.807, 2.05) is 0 Å². The smallest absolute Gasteiger partial charge is 0.191 e. The van der Waals surface area contributed by atoms with Crippen molar-refractivity contribution in [2.45, 2.75) is 27.2 Å². The molecule has 1 unspecified atom stereocenters. The molecule has 0 aliphatic carbocycles. The van der Waals surface area contributed by atoms with Crippen LogP contribution in [0.1, 0.15) is 27.2 Å². The molecule has 1 atom stereocenters. The van der Waals surface area contributed by atoms with Crippen LogP contribution in [0.15, 0.2) is 4.99 Å². The fourth-order valence-corrected chi connectivity index (χ4v) is 1.52. The summed E-state index contributed by atoms with van der Waals surface area (Å²) in [6, 6.07) is 0. The molecule has 1 heterocycles. The molecule has 3 nitrogen and oxygen atoms in total. The molecule has 0 spiro atoms. The van der Waals surface area contributed by atoms with Gasteiger partial charge in [-0.05, 0) is 18.3 Å². The summed E-state index contributed by atoms with van der Waals surface area (Å²) < 4.78 is 0. The van der Waals surface area contributed by atoms with Gasteiger partial charge in [0.05, 0.1) is 0 Å². The van der Waals surface area contributed by atoms with Crippen LogP contribution in [-0.4, -0.2) is 30.5 Å². The van der Waals surface area contributed by atoms with Crippen molar-refractivity contribution in [3.8, 4) is 0 Å². The first-order valence-electron chi connectivity index (χ1n) is 5.14. The van der Waals surface area contributed by atoms with Crippen molar-refractivity contribution in [2.24, 2.45) is 22.6 Å². The van der Waals surface area contributed by atoms with Crippen molar-refractivity contribution in [3.05, 3.63) is 0 Å². The summed E-state index contributed by atoms with van der Waals surface area (Å²) in [5.74, 6) is 2.10. The average molecular weight is 183 g/mol. The van der Waals surface area contributed by atoms with Gasteiger partial charge in [-0.3, -0.25) is 4.99 Å². The predicted molar refractivity (Wildman–Crippen MR) is 56.7 cm³/mol. The molecule has 0 radical (unpaired) electrons. The number of likely N-dealkylation sites (tertiary alicyclic amines) is 1. The van der Waals surface area contributed by atoms with Gasteiger partial charge in [-0.25, -0.2) is 0 Å². The van der Waals surface area contributed by atoms with Gasteiger partial charge in [0.2, 0.25) is 0 Å². The first-order chi connectivity index (χ1) is 6.09. The summed E-state index contributed by atoms with van der Waals surface area (Å²) in [5.41, 5.74) is 5.87. The highest BCUT2D eigenvalue weighted by atomic mass is 15.3. The minimum absolute atomic E-state index is 0.596. The van der Waals surface area contributed by atoms with E-state index in [-0.39, 0.29) is 0 Å². The second kappa shape index (κ2) is 4.49. The Hall–Kier alpha value is -0.730. The van der Waals surface area contributed by atoms with Gasteiger partial charge in [0, 0.05) is 19.6 Å². The Balaban J connectivity index is 2.38. The number of rotatable bonds is 2. The van der Waals surface area contributed by atoms with Crippen LogP contribution in [-0.2, 0) is 0 Å². The van der Waals surface area contributed by atoms with Crippen LogP contribution in [0.2, 0.25) is 0 Å². The molecule has 0 aromatic carbocycles. The van der Waals surface area contributed by atoms with E-state index in [4.69, 9.17) is 5.73 Å². The number of hydrogen-bond acceptors (Lipinski definition) is 1. The molecular weight excluding hydrogens is 162 g/mol. The first-order valence-corrected chi connectivity index (χ1v) is 5.14. The Bertz CT molecular complexity index is 187. The van der Waals surface area contributed by atoms with Crippen LogP contribution >= 0.6 is 0 Å². The van der Waals surface area contributed by atoms with Crippen LogP contribution in [0.3, 0.4) is 0 Å². The third kappa shape index (κ3) is 3.25. The van der Waals surface area contributed by atoms with Crippen LogP contribution in [0.4, 0.5) is 0 Å². The predicted octanol–water partition coefficient (Wildman–Crippen LogP) is 1.30. The van der Waals surface area contributed by atoms with Gasteiger partial charge in [-0.2, -0.15) is 0 Å². The molecule has 13 heavy (non-hydrogen) atoms. The van der Waals surface area contributed by atoms with Crippen LogP contribution < -0.4 is 5.73 Å². The van der Waals surface area contributed by atoms with E-state index in [1.165, 1.54) is 6.42 Å². The van der Waals surface area contributed by atoms with Gasteiger partial charge in [-0.15, -0.1) is 0 Å². The number of aliphatic imine (C=N–C) groups is 1. The van der Waals surface area contributed by atoms with Gasteiger partial charge in [0.25, 0.3) is 0 Å². The quantitative estimate of drug-likeness (QED) is 0.518. The monoisotopic (exact) mass is 183 g/mol. The molecule has 1 rings (SSSR count). The van der Waals surface area contributed by atoms with Crippen LogP contribution in [0.5, 0.6) is 0 Å². The lowest BCUT2D eigenvalue weighted by molar-refractivity contribution is 0.484. The van der Waals surface area contributed by atoms with Gasteiger partial charge in [-0.1, -0.05) is 20.8 Å². The Morgan fingerprint density at radius 1 is 1.62 bits per heavy atom. The topological polar surface area (TPSA) is 41.6 Å². The average Bonchev–Trinajstić information content (AvgIpc) is 2.47. The summed E-state index contributed by atoms with van der Waals surface area (Å²) in [5, 5.41) is 0. The zero-order valence-electron chi connectivity index (χ0n) is 8.95. The lowest BCUT2D eigenvalue weighted by Gasteiger charge is -2.16. The maximum atomic E-state index is 5.87. The van der Waals surface area contributed by atoms with Gasteiger partial charge in [0.15, 0.2) is 5.96 Å². The van der Waals surface area contributed by atoms with E-state index < -0.39 is 0 Å². The van der Waals surface area contributed by atoms with Gasteiger partial charge in [0.1, 0.15) is 0 Å². The maximum Gasteiger partial charge on any atom is 0.191 e. The van der Waals surface area contributed by atoms with Crippen molar-refractivity contribution in [1.29, 1.82) is 0 Å². The lowest BCUT2D eigenvalue weighted by atomic mass is 10.2. The second-order valence-corrected chi connectivity index (χ2v) is 4.43. The molecule has 3 heteroatoms. The highest BCUT2D eigenvalue weighted by molar-refractivity contribution is 5.78. The van der Waals surface area contributed by atoms with E-state index in [1.54, 1.807) is 0 Å². The highest BCUT2D eigenvalue weighted by Gasteiger charge is 2.19. The van der Waals surface area contributed by atoms with Crippen molar-refractivity contribution in [3.63, 3.8) is 0 Å². The molecule has 1 aliphatic heterocycles. The van der Waals surface area contributed by atoms with Crippen molar-refractivity contribution >= 4 is 5.96 Å². The Morgan fingerprint density at radius 2 is 2.31 bits per heavy atom. The molecule has 0 aromatic rings. The third-order valence-electron chi connectivity index (χ3n) is 2.37. The molecule has 1 fully saturated rings. The molecule has 0 aromatic heterocycles. The summed E-state index contributed by atoms with van der Waals surface area (Å²) in [6.07, 6.45) is 1.25.